The zero-order valence-corrected chi connectivity index (χ0v) is 10.00. The van der Waals surface area contributed by atoms with E-state index in [4.69, 9.17) is 4.74 Å². The van der Waals surface area contributed by atoms with Gasteiger partial charge in [-0.2, -0.15) is 0 Å². The van der Waals surface area contributed by atoms with Gasteiger partial charge in [0.05, 0.1) is 19.6 Å². The van der Waals surface area contributed by atoms with E-state index in [-0.39, 0.29) is 10.8 Å². The molecule has 0 aliphatic carbocycles. The van der Waals surface area contributed by atoms with E-state index in [1.807, 2.05) is 36.2 Å². The maximum atomic E-state index is 11.0. The van der Waals surface area contributed by atoms with Gasteiger partial charge in [-0.15, -0.1) is 0 Å². The summed E-state index contributed by atoms with van der Waals surface area (Å²) in [5.74, 6) is 0.749. The third kappa shape index (κ3) is 2.39. The molecule has 2 rings (SSSR count). The van der Waals surface area contributed by atoms with Crippen molar-refractivity contribution in [1.82, 2.24) is 4.90 Å². The van der Waals surface area contributed by atoms with E-state index in [1.54, 1.807) is 7.11 Å². The first-order valence-corrected chi connectivity index (χ1v) is 5.58. The summed E-state index contributed by atoms with van der Waals surface area (Å²) in [4.78, 5) is 12.8. The van der Waals surface area contributed by atoms with Gasteiger partial charge < -0.3 is 4.74 Å². The molecule has 1 aliphatic rings. The SMILES string of the molecule is COc1ccc(C2CN(C)CC2[N+](=O)[O-])cc1. The molecule has 2 unspecified atom stereocenters. The fourth-order valence-electron chi connectivity index (χ4n) is 2.37. The first-order valence-electron chi connectivity index (χ1n) is 5.58. The van der Waals surface area contributed by atoms with Gasteiger partial charge in [0.15, 0.2) is 0 Å². The number of nitro groups is 1. The molecular formula is C12H16N2O3. The highest BCUT2D eigenvalue weighted by atomic mass is 16.6. The first-order chi connectivity index (χ1) is 8.11. The quantitative estimate of drug-likeness (QED) is 0.587. The molecule has 92 valence electrons. The van der Waals surface area contributed by atoms with Crippen molar-refractivity contribution < 1.29 is 9.66 Å². The van der Waals surface area contributed by atoms with Crippen LogP contribution in [0.3, 0.4) is 0 Å². The Morgan fingerprint density at radius 3 is 2.53 bits per heavy atom. The average molecular weight is 236 g/mol. The minimum Gasteiger partial charge on any atom is -0.497 e. The van der Waals surface area contributed by atoms with Gasteiger partial charge in [0.2, 0.25) is 6.04 Å². The molecule has 1 heterocycles. The molecule has 0 bridgehead atoms. The lowest BCUT2D eigenvalue weighted by molar-refractivity contribution is -0.521. The Morgan fingerprint density at radius 1 is 1.35 bits per heavy atom. The Morgan fingerprint density at radius 2 is 2.00 bits per heavy atom. The fourth-order valence-corrected chi connectivity index (χ4v) is 2.37. The summed E-state index contributed by atoms with van der Waals surface area (Å²) >= 11 is 0. The molecule has 17 heavy (non-hydrogen) atoms. The smallest absolute Gasteiger partial charge is 0.233 e. The Hall–Kier alpha value is -1.62. The van der Waals surface area contributed by atoms with E-state index in [0.29, 0.717) is 6.54 Å². The Labute approximate surface area is 100 Å². The molecule has 0 radical (unpaired) electrons. The third-order valence-electron chi connectivity index (χ3n) is 3.29. The van der Waals surface area contributed by atoms with Crippen LogP contribution < -0.4 is 4.74 Å². The van der Waals surface area contributed by atoms with Crippen molar-refractivity contribution in [2.24, 2.45) is 0 Å². The number of nitrogens with zero attached hydrogens (tertiary/aromatic N) is 2. The van der Waals surface area contributed by atoms with Gasteiger partial charge in [-0.05, 0) is 24.7 Å². The van der Waals surface area contributed by atoms with Crippen molar-refractivity contribution in [3.63, 3.8) is 0 Å². The monoisotopic (exact) mass is 236 g/mol. The predicted molar refractivity (Wildman–Crippen MR) is 64.0 cm³/mol. The lowest BCUT2D eigenvalue weighted by Gasteiger charge is -2.12. The van der Waals surface area contributed by atoms with Crippen molar-refractivity contribution in [1.29, 1.82) is 0 Å². The van der Waals surface area contributed by atoms with Gasteiger partial charge in [-0.1, -0.05) is 12.1 Å². The van der Waals surface area contributed by atoms with Crippen molar-refractivity contribution in [2.75, 3.05) is 27.2 Å². The summed E-state index contributed by atoms with van der Waals surface area (Å²) in [6.07, 6.45) is 0. The largest absolute Gasteiger partial charge is 0.497 e. The number of methoxy groups -OCH3 is 1. The molecule has 1 saturated heterocycles. The number of rotatable bonds is 3. The van der Waals surface area contributed by atoms with Crippen LogP contribution in [0.25, 0.3) is 0 Å². The van der Waals surface area contributed by atoms with Gasteiger partial charge in [0.25, 0.3) is 0 Å². The molecule has 0 saturated carbocycles. The molecule has 5 heteroatoms. The second-order valence-electron chi connectivity index (χ2n) is 4.45. The van der Waals surface area contributed by atoms with Crippen molar-refractivity contribution in [3.05, 3.63) is 39.9 Å². The van der Waals surface area contributed by atoms with E-state index in [9.17, 15) is 10.1 Å². The van der Waals surface area contributed by atoms with E-state index >= 15 is 0 Å². The Kier molecular flexibility index (Phi) is 3.28. The number of benzene rings is 1. The minimum absolute atomic E-state index is 0.0269. The molecule has 0 amide bonds. The van der Waals surface area contributed by atoms with E-state index in [2.05, 4.69) is 0 Å². The van der Waals surface area contributed by atoms with E-state index < -0.39 is 6.04 Å². The zero-order valence-electron chi connectivity index (χ0n) is 10.00. The highest BCUT2D eigenvalue weighted by Crippen LogP contribution is 2.29. The Balaban J connectivity index is 2.22. The summed E-state index contributed by atoms with van der Waals surface area (Å²) < 4.78 is 5.08. The van der Waals surface area contributed by atoms with Crippen LogP contribution in [0, 0.1) is 10.1 Å². The number of hydrogen-bond donors (Lipinski definition) is 0. The van der Waals surface area contributed by atoms with Crippen LogP contribution in [0.4, 0.5) is 0 Å². The van der Waals surface area contributed by atoms with Gasteiger partial charge in [-0.25, -0.2) is 0 Å². The molecule has 1 fully saturated rings. The van der Waals surface area contributed by atoms with Crippen LogP contribution in [-0.2, 0) is 0 Å². The topological polar surface area (TPSA) is 55.6 Å². The van der Waals surface area contributed by atoms with Gasteiger partial charge >= 0.3 is 0 Å². The molecule has 5 nitrogen and oxygen atoms in total. The number of hydrogen-bond acceptors (Lipinski definition) is 4. The zero-order chi connectivity index (χ0) is 12.4. The predicted octanol–water partition coefficient (Wildman–Crippen LogP) is 1.37. The number of ether oxygens (including phenoxy) is 1. The molecule has 0 aromatic heterocycles. The van der Waals surface area contributed by atoms with Gasteiger partial charge in [0, 0.05) is 11.5 Å². The fraction of sp³-hybridized carbons (Fsp3) is 0.500. The lowest BCUT2D eigenvalue weighted by Crippen LogP contribution is -2.27. The van der Waals surface area contributed by atoms with Crippen LogP contribution in [0.1, 0.15) is 11.5 Å². The summed E-state index contributed by atoms with van der Waals surface area (Å²) in [5, 5.41) is 11.0. The molecule has 1 aromatic rings. The Bertz CT molecular complexity index is 405. The maximum Gasteiger partial charge on any atom is 0.233 e. The molecule has 2 atom stereocenters. The van der Waals surface area contributed by atoms with Crippen LogP contribution in [0.2, 0.25) is 0 Å². The molecular weight excluding hydrogens is 220 g/mol. The highest BCUT2D eigenvalue weighted by molar-refractivity contribution is 5.31. The van der Waals surface area contributed by atoms with Crippen LogP contribution in [0.15, 0.2) is 24.3 Å². The maximum absolute atomic E-state index is 11.0. The van der Waals surface area contributed by atoms with Gasteiger partial charge in [-0.3, -0.25) is 15.0 Å². The molecule has 1 aromatic carbocycles. The first kappa shape index (κ1) is 11.9. The molecule has 1 aliphatic heterocycles. The lowest BCUT2D eigenvalue weighted by atomic mass is 9.95. The normalized spacial score (nSPS) is 24.8. The van der Waals surface area contributed by atoms with Crippen LogP contribution >= 0.6 is 0 Å². The van der Waals surface area contributed by atoms with Gasteiger partial charge in [0.1, 0.15) is 5.75 Å². The highest BCUT2D eigenvalue weighted by Gasteiger charge is 2.40. The van der Waals surface area contributed by atoms with Crippen LogP contribution in [-0.4, -0.2) is 43.1 Å². The number of likely N-dealkylation sites (N-methyl/N-ethyl adjacent to an activating group) is 1. The number of likely N-dealkylation sites (tertiary alicyclic amines) is 1. The summed E-state index contributed by atoms with van der Waals surface area (Å²) in [6.45, 7) is 1.25. The van der Waals surface area contributed by atoms with Crippen molar-refractivity contribution in [3.8, 4) is 5.75 Å². The second kappa shape index (κ2) is 4.71. The average Bonchev–Trinajstić information content (AvgIpc) is 2.72. The second-order valence-corrected chi connectivity index (χ2v) is 4.45. The van der Waals surface area contributed by atoms with Crippen molar-refractivity contribution in [2.45, 2.75) is 12.0 Å². The standard InChI is InChI=1S/C12H16N2O3/c1-13-7-11(12(8-13)14(15)16)9-3-5-10(17-2)6-4-9/h3-6,11-12H,7-8H2,1-2H3. The summed E-state index contributed by atoms with van der Waals surface area (Å²) in [6, 6.07) is 7.03. The van der Waals surface area contributed by atoms with E-state index in [0.717, 1.165) is 17.9 Å². The molecule has 0 N–H and O–H groups in total. The molecule has 0 spiro atoms. The van der Waals surface area contributed by atoms with Crippen molar-refractivity contribution >= 4 is 0 Å². The summed E-state index contributed by atoms with van der Waals surface area (Å²) in [7, 11) is 3.53. The minimum atomic E-state index is -0.506. The van der Waals surface area contributed by atoms with E-state index in [1.165, 1.54) is 0 Å². The van der Waals surface area contributed by atoms with Crippen LogP contribution in [0.5, 0.6) is 5.75 Å². The summed E-state index contributed by atoms with van der Waals surface area (Å²) in [5.41, 5.74) is 1.01. The third-order valence-corrected chi connectivity index (χ3v) is 3.29.